The Labute approximate surface area is 74.2 Å². The number of hydrogen-bond donors (Lipinski definition) is 0. The van der Waals surface area contributed by atoms with Crippen LogP contribution < -0.4 is 0 Å². The van der Waals surface area contributed by atoms with Gasteiger partial charge in [-0.3, -0.25) is 4.98 Å². The van der Waals surface area contributed by atoms with Gasteiger partial charge in [0, 0.05) is 5.69 Å². The molecular formula is C11H15N. The van der Waals surface area contributed by atoms with Crippen molar-refractivity contribution in [1.29, 1.82) is 0 Å². The van der Waals surface area contributed by atoms with Crippen molar-refractivity contribution in [1.82, 2.24) is 4.98 Å². The van der Waals surface area contributed by atoms with Crippen molar-refractivity contribution < 1.29 is 0 Å². The fourth-order valence-corrected chi connectivity index (χ4v) is 1.26. The largest absolute Gasteiger partial charge is 0.254 e. The second-order valence-electron chi connectivity index (χ2n) is 2.95. The van der Waals surface area contributed by atoms with E-state index in [1.165, 1.54) is 5.56 Å². The molecule has 1 heteroatoms. The Bertz CT molecular complexity index is 276. The monoisotopic (exact) mass is 161 g/mol. The van der Waals surface area contributed by atoms with Gasteiger partial charge < -0.3 is 0 Å². The molecule has 64 valence electrons. The molecule has 1 aromatic heterocycles. The molecule has 0 N–H and O–H groups in total. The predicted molar refractivity (Wildman–Crippen MR) is 53.1 cm³/mol. The highest BCUT2D eigenvalue weighted by Gasteiger charge is 1.98. The Morgan fingerprint density at radius 1 is 1.50 bits per heavy atom. The van der Waals surface area contributed by atoms with Crippen LogP contribution in [0.2, 0.25) is 0 Å². The van der Waals surface area contributed by atoms with Crippen molar-refractivity contribution in [2.24, 2.45) is 0 Å². The highest BCUT2D eigenvalue weighted by atomic mass is 14.7. The minimum Gasteiger partial charge on any atom is -0.254 e. The van der Waals surface area contributed by atoms with Crippen LogP contribution in [0.1, 0.15) is 30.3 Å². The summed E-state index contributed by atoms with van der Waals surface area (Å²) in [7, 11) is 0. The molecule has 0 atom stereocenters. The summed E-state index contributed by atoms with van der Waals surface area (Å²) in [6.07, 6.45) is 4.08. The van der Waals surface area contributed by atoms with E-state index in [1.807, 2.05) is 13.0 Å². The van der Waals surface area contributed by atoms with Gasteiger partial charge in [0.05, 0.1) is 5.69 Å². The molecule has 0 spiro atoms. The Hall–Kier alpha value is -1.11. The van der Waals surface area contributed by atoms with Gasteiger partial charge in [0.2, 0.25) is 0 Å². The summed E-state index contributed by atoms with van der Waals surface area (Å²) in [4.78, 5) is 4.39. The number of aryl methyl sites for hydroxylation is 2. The average Bonchev–Trinajstić information content (AvgIpc) is 2.08. The molecule has 0 saturated carbocycles. The average molecular weight is 161 g/mol. The zero-order valence-electron chi connectivity index (χ0n) is 7.80. The molecule has 1 heterocycles. The molecule has 0 bridgehead atoms. The minimum absolute atomic E-state index is 1.04. The van der Waals surface area contributed by atoms with Gasteiger partial charge in [0.15, 0.2) is 0 Å². The van der Waals surface area contributed by atoms with Gasteiger partial charge >= 0.3 is 0 Å². The van der Waals surface area contributed by atoms with Gasteiger partial charge in [0.25, 0.3) is 0 Å². The third kappa shape index (κ3) is 1.94. The lowest BCUT2D eigenvalue weighted by Crippen LogP contribution is -1.93. The van der Waals surface area contributed by atoms with Crippen LogP contribution in [0.5, 0.6) is 0 Å². The Morgan fingerprint density at radius 2 is 2.25 bits per heavy atom. The van der Waals surface area contributed by atoms with Crippen LogP contribution in [-0.4, -0.2) is 4.98 Å². The lowest BCUT2D eigenvalue weighted by molar-refractivity contribution is 0.906. The molecule has 0 radical (unpaired) electrons. The third-order valence-corrected chi connectivity index (χ3v) is 1.86. The van der Waals surface area contributed by atoms with Gasteiger partial charge in [-0.05, 0) is 31.1 Å². The fourth-order valence-electron chi connectivity index (χ4n) is 1.26. The van der Waals surface area contributed by atoms with Crippen LogP contribution in [-0.2, 0) is 6.42 Å². The van der Waals surface area contributed by atoms with E-state index in [2.05, 4.69) is 30.6 Å². The first-order valence-corrected chi connectivity index (χ1v) is 4.37. The van der Waals surface area contributed by atoms with Crippen molar-refractivity contribution in [3.8, 4) is 0 Å². The van der Waals surface area contributed by atoms with Gasteiger partial charge in [-0.15, -0.1) is 0 Å². The second-order valence-corrected chi connectivity index (χ2v) is 2.95. The van der Waals surface area contributed by atoms with E-state index in [4.69, 9.17) is 0 Å². The van der Waals surface area contributed by atoms with E-state index in [1.54, 1.807) is 0 Å². The lowest BCUT2D eigenvalue weighted by atomic mass is 10.1. The van der Waals surface area contributed by atoms with E-state index in [-0.39, 0.29) is 0 Å². The summed E-state index contributed by atoms with van der Waals surface area (Å²) < 4.78 is 0. The minimum atomic E-state index is 1.04. The summed E-state index contributed by atoms with van der Waals surface area (Å²) in [5.41, 5.74) is 3.40. The van der Waals surface area contributed by atoms with Crippen LogP contribution >= 0.6 is 0 Å². The van der Waals surface area contributed by atoms with Crippen molar-refractivity contribution in [3.63, 3.8) is 0 Å². The Balaban J connectivity index is 3.02. The first kappa shape index (κ1) is 8.98. The maximum Gasteiger partial charge on any atom is 0.0658 e. The number of nitrogens with zero attached hydrogens (tertiary/aromatic N) is 1. The zero-order chi connectivity index (χ0) is 8.97. The quantitative estimate of drug-likeness (QED) is 0.664. The summed E-state index contributed by atoms with van der Waals surface area (Å²) >= 11 is 0. The molecule has 0 aliphatic heterocycles. The molecule has 1 aromatic rings. The van der Waals surface area contributed by atoms with Crippen LogP contribution in [0.4, 0.5) is 0 Å². The van der Waals surface area contributed by atoms with Gasteiger partial charge in [-0.2, -0.15) is 0 Å². The van der Waals surface area contributed by atoms with Crippen LogP contribution in [0, 0.1) is 6.92 Å². The van der Waals surface area contributed by atoms with Crippen LogP contribution in [0.15, 0.2) is 18.7 Å². The molecule has 0 unspecified atom stereocenters. The van der Waals surface area contributed by atoms with E-state index in [0.717, 1.165) is 24.2 Å². The fraction of sp³-hybridized carbons (Fsp3) is 0.364. The second kappa shape index (κ2) is 4.05. The molecule has 0 aliphatic carbocycles. The first-order valence-electron chi connectivity index (χ1n) is 4.37. The smallest absolute Gasteiger partial charge is 0.0658 e. The molecule has 1 nitrogen and oxygen atoms in total. The Kier molecular flexibility index (Phi) is 3.03. The standard InChI is InChI=1S/C11H15N/c1-4-6-10-8-7-9(3)12-11(10)5-2/h5,7-8H,2,4,6H2,1,3H3. The number of pyridine rings is 1. The van der Waals surface area contributed by atoms with E-state index >= 15 is 0 Å². The highest BCUT2D eigenvalue weighted by molar-refractivity contribution is 5.47. The molecule has 0 aliphatic rings. The SMILES string of the molecule is C=Cc1nc(C)ccc1CCC. The first-order chi connectivity index (χ1) is 5.77. The Morgan fingerprint density at radius 3 is 2.83 bits per heavy atom. The highest BCUT2D eigenvalue weighted by Crippen LogP contribution is 2.10. The molecule has 0 aromatic carbocycles. The zero-order valence-corrected chi connectivity index (χ0v) is 7.80. The van der Waals surface area contributed by atoms with Crippen LogP contribution in [0.25, 0.3) is 6.08 Å². The van der Waals surface area contributed by atoms with Crippen molar-refractivity contribution in [3.05, 3.63) is 35.7 Å². The molecule has 0 amide bonds. The van der Waals surface area contributed by atoms with Gasteiger partial charge in [0.1, 0.15) is 0 Å². The van der Waals surface area contributed by atoms with Gasteiger partial charge in [-0.1, -0.05) is 26.0 Å². The maximum absolute atomic E-state index is 4.39. The number of rotatable bonds is 3. The molecule has 0 saturated heterocycles. The predicted octanol–water partition coefficient (Wildman–Crippen LogP) is 2.99. The van der Waals surface area contributed by atoms with Crippen molar-refractivity contribution in [2.75, 3.05) is 0 Å². The molecular weight excluding hydrogens is 146 g/mol. The normalized spacial score (nSPS) is 9.83. The number of hydrogen-bond acceptors (Lipinski definition) is 1. The van der Waals surface area contributed by atoms with Crippen LogP contribution in [0.3, 0.4) is 0 Å². The van der Waals surface area contributed by atoms with Gasteiger partial charge in [-0.25, -0.2) is 0 Å². The van der Waals surface area contributed by atoms with Crippen molar-refractivity contribution in [2.45, 2.75) is 26.7 Å². The molecule has 0 fully saturated rings. The van der Waals surface area contributed by atoms with Crippen molar-refractivity contribution >= 4 is 6.08 Å². The number of aromatic nitrogens is 1. The van der Waals surface area contributed by atoms with E-state index < -0.39 is 0 Å². The van der Waals surface area contributed by atoms with E-state index in [0.29, 0.717) is 0 Å². The lowest BCUT2D eigenvalue weighted by Gasteiger charge is -2.03. The summed E-state index contributed by atoms with van der Waals surface area (Å²) in [6, 6.07) is 4.20. The molecule has 1 rings (SSSR count). The summed E-state index contributed by atoms with van der Waals surface area (Å²) in [5, 5.41) is 0. The molecule has 12 heavy (non-hydrogen) atoms. The van der Waals surface area contributed by atoms with E-state index in [9.17, 15) is 0 Å². The summed E-state index contributed by atoms with van der Waals surface area (Å²) in [5.74, 6) is 0. The third-order valence-electron chi connectivity index (χ3n) is 1.86. The topological polar surface area (TPSA) is 12.9 Å². The maximum atomic E-state index is 4.39. The summed E-state index contributed by atoms with van der Waals surface area (Å²) in [6.45, 7) is 7.93.